The van der Waals surface area contributed by atoms with Gasteiger partial charge in [-0.1, -0.05) is 72.1 Å². The molecule has 39 heavy (non-hydrogen) atoms. The standard InChI is InChI=1S/C29H33Cl2N3O4S/c1-5-16-32-29(36)22(4)33(18-23-12-15-25(30)26(31)17-23)28(35)19-34(27-9-7-6-8-21(27)3)39(37,38)24-13-10-20(2)11-14-24/h6-15,17,22H,5,16,18-19H2,1-4H3,(H,32,36). The molecule has 0 aliphatic heterocycles. The Kier molecular flexibility index (Phi) is 10.4. The van der Waals surface area contributed by atoms with Gasteiger partial charge in [0.2, 0.25) is 11.8 Å². The zero-order valence-corrected chi connectivity index (χ0v) is 24.8. The number of carbonyl (C=O) groups excluding carboxylic acids is 2. The van der Waals surface area contributed by atoms with Gasteiger partial charge in [0.15, 0.2) is 0 Å². The monoisotopic (exact) mass is 589 g/mol. The number of nitrogens with one attached hydrogen (secondary N) is 1. The summed E-state index contributed by atoms with van der Waals surface area (Å²) >= 11 is 12.3. The first-order valence-electron chi connectivity index (χ1n) is 12.6. The van der Waals surface area contributed by atoms with Crippen LogP contribution in [0.2, 0.25) is 10.0 Å². The van der Waals surface area contributed by atoms with Crippen LogP contribution in [0.1, 0.15) is 37.0 Å². The Labute approximate surface area is 240 Å². The number of carbonyl (C=O) groups is 2. The smallest absolute Gasteiger partial charge is 0.264 e. The maximum atomic E-state index is 13.9. The van der Waals surface area contributed by atoms with Crippen LogP contribution < -0.4 is 9.62 Å². The van der Waals surface area contributed by atoms with Gasteiger partial charge in [-0.2, -0.15) is 0 Å². The predicted octanol–water partition coefficient (Wildman–Crippen LogP) is 5.75. The van der Waals surface area contributed by atoms with Gasteiger partial charge in [0, 0.05) is 13.1 Å². The lowest BCUT2D eigenvalue weighted by Gasteiger charge is -2.32. The number of benzene rings is 3. The molecule has 0 aromatic heterocycles. The molecule has 1 unspecified atom stereocenters. The normalized spacial score (nSPS) is 12.1. The van der Waals surface area contributed by atoms with Crippen LogP contribution in [0.3, 0.4) is 0 Å². The first-order chi connectivity index (χ1) is 18.4. The van der Waals surface area contributed by atoms with Gasteiger partial charge in [-0.25, -0.2) is 8.42 Å². The minimum atomic E-state index is -4.12. The van der Waals surface area contributed by atoms with Crippen molar-refractivity contribution in [3.8, 4) is 0 Å². The Morgan fingerprint density at radius 1 is 0.949 bits per heavy atom. The van der Waals surface area contributed by atoms with Crippen molar-refractivity contribution in [1.82, 2.24) is 10.2 Å². The number of anilines is 1. The van der Waals surface area contributed by atoms with Crippen molar-refractivity contribution in [3.05, 3.63) is 93.5 Å². The van der Waals surface area contributed by atoms with Gasteiger partial charge in [0.25, 0.3) is 10.0 Å². The minimum absolute atomic E-state index is 0.0304. The molecular formula is C29H33Cl2N3O4S. The average Bonchev–Trinajstić information content (AvgIpc) is 2.91. The molecule has 0 aliphatic rings. The second-order valence-corrected chi connectivity index (χ2v) is 12.0. The molecular weight excluding hydrogens is 557 g/mol. The van der Waals surface area contributed by atoms with Crippen LogP contribution in [-0.2, 0) is 26.2 Å². The number of nitrogens with zero attached hydrogens (tertiary/aromatic N) is 2. The van der Waals surface area contributed by atoms with E-state index in [9.17, 15) is 18.0 Å². The lowest BCUT2D eigenvalue weighted by atomic mass is 10.1. The molecule has 3 rings (SSSR count). The van der Waals surface area contributed by atoms with Gasteiger partial charge in [0.1, 0.15) is 12.6 Å². The van der Waals surface area contributed by atoms with E-state index >= 15 is 0 Å². The Morgan fingerprint density at radius 3 is 2.23 bits per heavy atom. The zero-order valence-electron chi connectivity index (χ0n) is 22.4. The molecule has 208 valence electrons. The van der Waals surface area contributed by atoms with Gasteiger partial charge in [-0.15, -0.1) is 0 Å². The molecule has 0 bridgehead atoms. The van der Waals surface area contributed by atoms with E-state index in [1.807, 2.05) is 13.8 Å². The van der Waals surface area contributed by atoms with E-state index in [1.54, 1.807) is 68.4 Å². The van der Waals surface area contributed by atoms with Gasteiger partial charge in [-0.3, -0.25) is 13.9 Å². The molecule has 1 atom stereocenters. The number of para-hydroxylation sites is 1. The molecule has 2 amide bonds. The van der Waals surface area contributed by atoms with Crippen molar-refractivity contribution in [1.29, 1.82) is 0 Å². The van der Waals surface area contributed by atoms with E-state index in [0.717, 1.165) is 16.3 Å². The van der Waals surface area contributed by atoms with Crippen LogP contribution in [0, 0.1) is 13.8 Å². The van der Waals surface area contributed by atoms with E-state index in [0.29, 0.717) is 33.4 Å². The fourth-order valence-corrected chi connectivity index (χ4v) is 5.81. The third kappa shape index (κ3) is 7.53. The quantitative estimate of drug-likeness (QED) is 0.308. The summed E-state index contributed by atoms with van der Waals surface area (Å²) in [5.74, 6) is -0.881. The first-order valence-corrected chi connectivity index (χ1v) is 14.8. The molecule has 0 fully saturated rings. The molecule has 10 heteroatoms. The minimum Gasteiger partial charge on any atom is -0.354 e. The van der Waals surface area contributed by atoms with Crippen LogP contribution in [0.5, 0.6) is 0 Å². The Hall–Kier alpha value is -3.07. The summed E-state index contributed by atoms with van der Waals surface area (Å²) in [6.07, 6.45) is 0.731. The maximum absolute atomic E-state index is 13.9. The summed E-state index contributed by atoms with van der Waals surface area (Å²) in [7, 11) is -4.12. The highest BCUT2D eigenvalue weighted by Crippen LogP contribution is 2.28. The summed E-state index contributed by atoms with van der Waals surface area (Å²) in [5.41, 5.74) is 2.62. The third-order valence-corrected chi connectivity index (χ3v) is 8.84. The maximum Gasteiger partial charge on any atom is 0.264 e. The van der Waals surface area contributed by atoms with Gasteiger partial charge in [0.05, 0.1) is 20.6 Å². The van der Waals surface area contributed by atoms with Crippen molar-refractivity contribution in [2.24, 2.45) is 0 Å². The summed E-state index contributed by atoms with van der Waals surface area (Å²) in [6.45, 7) is 7.18. The second kappa shape index (κ2) is 13.3. The summed E-state index contributed by atoms with van der Waals surface area (Å²) in [6, 6.07) is 17.5. The highest BCUT2D eigenvalue weighted by molar-refractivity contribution is 7.92. The van der Waals surface area contributed by atoms with Crippen molar-refractivity contribution >= 4 is 50.7 Å². The molecule has 0 heterocycles. The number of hydrogen-bond acceptors (Lipinski definition) is 4. The van der Waals surface area contributed by atoms with Crippen molar-refractivity contribution < 1.29 is 18.0 Å². The zero-order chi connectivity index (χ0) is 28.7. The molecule has 3 aromatic carbocycles. The number of amides is 2. The second-order valence-electron chi connectivity index (χ2n) is 9.35. The van der Waals surface area contributed by atoms with Gasteiger partial charge in [-0.05, 0) is 68.7 Å². The van der Waals surface area contributed by atoms with E-state index in [1.165, 1.54) is 17.0 Å². The van der Waals surface area contributed by atoms with E-state index < -0.39 is 28.5 Å². The highest BCUT2D eigenvalue weighted by atomic mass is 35.5. The van der Waals surface area contributed by atoms with Crippen LogP contribution in [0.25, 0.3) is 0 Å². The molecule has 0 spiro atoms. The number of halogens is 2. The van der Waals surface area contributed by atoms with Gasteiger partial charge < -0.3 is 10.2 Å². The molecule has 0 saturated carbocycles. The fraction of sp³-hybridized carbons (Fsp3) is 0.310. The average molecular weight is 591 g/mol. The molecule has 1 N–H and O–H groups in total. The number of hydrogen-bond donors (Lipinski definition) is 1. The largest absolute Gasteiger partial charge is 0.354 e. The molecule has 7 nitrogen and oxygen atoms in total. The first kappa shape index (κ1) is 30.5. The Bertz CT molecular complexity index is 1430. The molecule has 0 saturated heterocycles. The molecule has 3 aromatic rings. The van der Waals surface area contributed by atoms with Crippen molar-refractivity contribution in [3.63, 3.8) is 0 Å². The molecule has 0 radical (unpaired) electrons. The topological polar surface area (TPSA) is 86.8 Å². The van der Waals surface area contributed by atoms with Crippen LogP contribution >= 0.6 is 23.2 Å². The van der Waals surface area contributed by atoms with E-state index in [4.69, 9.17) is 23.2 Å². The lowest BCUT2D eigenvalue weighted by Crippen LogP contribution is -2.51. The fourth-order valence-electron chi connectivity index (χ4n) is 4.01. The number of aryl methyl sites for hydroxylation is 2. The van der Waals surface area contributed by atoms with Crippen molar-refractivity contribution in [2.45, 2.75) is 51.6 Å². The van der Waals surface area contributed by atoms with Crippen LogP contribution in [0.4, 0.5) is 5.69 Å². The van der Waals surface area contributed by atoms with Crippen LogP contribution in [-0.4, -0.2) is 44.3 Å². The third-order valence-electron chi connectivity index (χ3n) is 6.33. The SMILES string of the molecule is CCCNC(=O)C(C)N(Cc1ccc(Cl)c(Cl)c1)C(=O)CN(c1ccccc1C)S(=O)(=O)c1ccc(C)cc1. The van der Waals surface area contributed by atoms with E-state index in [-0.39, 0.29) is 17.3 Å². The lowest BCUT2D eigenvalue weighted by molar-refractivity contribution is -0.139. The molecule has 0 aliphatic carbocycles. The number of rotatable bonds is 11. The Morgan fingerprint density at radius 2 is 1.62 bits per heavy atom. The predicted molar refractivity (Wildman–Crippen MR) is 157 cm³/mol. The summed E-state index contributed by atoms with van der Waals surface area (Å²) in [4.78, 5) is 28.3. The number of sulfonamides is 1. The van der Waals surface area contributed by atoms with Gasteiger partial charge >= 0.3 is 0 Å². The summed E-state index contributed by atoms with van der Waals surface area (Å²) < 4.78 is 28.9. The van der Waals surface area contributed by atoms with Crippen molar-refractivity contribution in [2.75, 3.05) is 17.4 Å². The van der Waals surface area contributed by atoms with E-state index in [2.05, 4.69) is 5.32 Å². The van der Waals surface area contributed by atoms with Crippen LogP contribution in [0.15, 0.2) is 71.6 Å². The Balaban J connectivity index is 2.04. The summed E-state index contributed by atoms with van der Waals surface area (Å²) in [5, 5.41) is 3.49. The highest BCUT2D eigenvalue weighted by Gasteiger charge is 2.33.